The number of nitrogens with zero attached hydrogens (tertiary/aromatic N) is 4. The number of carbonyl (C=O) groups is 1. The molecule has 4 rings (SSSR count). The van der Waals surface area contributed by atoms with Crippen LogP contribution in [0.5, 0.6) is 0 Å². The number of ether oxygens (including phenoxy) is 1. The second-order valence-corrected chi connectivity index (χ2v) is 8.41. The fraction of sp³-hybridized carbons (Fsp3) is 0.208. The molecule has 0 radical (unpaired) electrons. The van der Waals surface area contributed by atoms with E-state index in [2.05, 4.69) is 6.07 Å². The normalized spacial score (nSPS) is 17.6. The predicted molar refractivity (Wildman–Crippen MR) is 127 cm³/mol. The Kier molecular flexibility index (Phi) is 5.93. The summed E-state index contributed by atoms with van der Waals surface area (Å²) in [6.07, 6.45) is 0. The van der Waals surface area contributed by atoms with E-state index in [9.17, 15) is 10.1 Å². The van der Waals surface area contributed by atoms with Gasteiger partial charge in [-0.1, -0.05) is 42.5 Å². The molecule has 0 aromatic heterocycles. The summed E-state index contributed by atoms with van der Waals surface area (Å²) in [4.78, 5) is 22.2. The van der Waals surface area contributed by atoms with Crippen LogP contribution < -0.4 is 10.6 Å². The first-order chi connectivity index (χ1) is 15.5. The summed E-state index contributed by atoms with van der Waals surface area (Å²) >= 11 is 1.21. The maximum absolute atomic E-state index is 13.3. The molecule has 2 aliphatic rings. The van der Waals surface area contributed by atoms with Crippen LogP contribution in [0.15, 0.2) is 75.9 Å². The first-order valence-corrected chi connectivity index (χ1v) is 11.0. The predicted octanol–water partition coefficient (Wildman–Crippen LogP) is 3.84. The van der Waals surface area contributed by atoms with Gasteiger partial charge in [0.25, 0.3) is 0 Å². The Morgan fingerprint density at radius 3 is 2.50 bits per heavy atom. The second kappa shape index (κ2) is 8.81. The molecule has 0 bridgehead atoms. The van der Waals surface area contributed by atoms with Crippen LogP contribution in [0, 0.1) is 11.3 Å². The highest BCUT2D eigenvalue weighted by Crippen LogP contribution is 2.47. The Hall–Kier alpha value is -3.70. The summed E-state index contributed by atoms with van der Waals surface area (Å²) < 4.78 is 5.45. The summed E-state index contributed by atoms with van der Waals surface area (Å²) in [7, 11) is 3.93. The van der Waals surface area contributed by atoms with Crippen molar-refractivity contribution < 1.29 is 9.53 Å². The van der Waals surface area contributed by atoms with Crippen molar-refractivity contribution in [1.29, 1.82) is 5.26 Å². The molecular weight excluding hydrogens is 422 g/mol. The molecule has 7 nitrogen and oxygen atoms in total. The zero-order chi connectivity index (χ0) is 22.8. The van der Waals surface area contributed by atoms with Crippen molar-refractivity contribution in [2.45, 2.75) is 13.0 Å². The van der Waals surface area contributed by atoms with Crippen molar-refractivity contribution in [2.75, 3.05) is 25.6 Å². The third-order valence-electron chi connectivity index (χ3n) is 5.26. The highest BCUT2D eigenvalue weighted by Gasteiger charge is 2.43. The fourth-order valence-electron chi connectivity index (χ4n) is 3.73. The number of rotatable bonds is 5. The van der Waals surface area contributed by atoms with Crippen LogP contribution in [0.1, 0.15) is 24.1 Å². The molecule has 32 heavy (non-hydrogen) atoms. The van der Waals surface area contributed by atoms with Gasteiger partial charge in [0.05, 0.1) is 23.9 Å². The number of anilines is 1. The standard InChI is InChI=1S/C24H23N5O2S/c1-4-31-23(30)19-20(15-8-6-5-7-9-15)27-24-29(22(26)18(14-25)32-24)21(19)16-10-12-17(13-11-16)28(2)3/h5-13,21H,4,26H2,1-3H3/t21-/m1/s1. The third kappa shape index (κ3) is 3.72. The second-order valence-electron chi connectivity index (χ2n) is 7.43. The molecule has 0 amide bonds. The quantitative estimate of drug-likeness (QED) is 0.699. The molecule has 0 saturated carbocycles. The van der Waals surface area contributed by atoms with Crippen molar-refractivity contribution in [2.24, 2.45) is 10.7 Å². The van der Waals surface area contributed by atoms with Gasteiger partial charge in [-0.2, -0.15) is 5.26 Å². The Morgan fingerprint density at radius 2 is 1.91 bits per heavy atom. The van der Waals surface area contributed by atoms with Crippen LogP contribution in [-0.2, 0) is 9.53 Å². The molecule has 162 valence electrons. The molecule has 2 N–H and O–H groups in total. The van der Waals surface area contributed by atoms with Crippen LogP contribution in [-0.4, -0.2) is 36.7 Å². The van der Waals surface area contributed by atoms with E-state index in [0.717, 1.165) is 16.8 Å². The van der Waals surface area contributed by atoms with Crippen LogP contribution in [0.4, 0.5) is 5.69 Å². The van der Waals surface area contributed by atoms with Crippen molar-refractivity contribution >= 4 is 34.3 Å². The van der Waals surface area contributed by atoms with Gasteiger partial charge >= 0.3 is 5.97 Å². The first kappa shape index (κ1) is 21.5. The summed E-state index contributed by atoms with van der Waals surface area (Å²) in [6, 6.07) is 19.0. The maximum atomic E-state index is 13.3. The van der Waals surface area contributed by atoms with Gasteiger partial charge in [-0.15, -0.1) is 0 Å². The number of hydrogen-bond acceptors (Lipinski definition) is 8. The molecular formula is C24H23N5O2S. The van der Waals surface area contributed by atoms with Crippen molar-refractivity contribution in [3.63, 3.8) is 0 Å². The molecule has 2 aromatic rings. The first-order valence-electron chi connectivity index (χ1n) is 10.2. The van der Waals surface area contributed by atoms with Gasteiger partial charge in [-0.3, -0.25) is 4.90 Å². The van der Waals surface area contributed by atoms with Crippen molar-refractivity contribution in [3.05, 3.63) is 82.0 Å². The lowest BCUT2D eigenvalue weighted by Gasteiger charge is -2.35. The number of benzene rings is 2. The Balaban J connectivity index is 1.97. The number of esters is 1. The molecule has 1 atom stereocenters. The molecule has 2 heterocycles. The Labute approximate surface area is 191 Å². The molecule has 0 saturated heterocycles. The molecule has 0 fully saturated rings. The lowest BCUT2D eigenvalue weighted by atomic mass is 9.92. The largest absolute Gasteiger partial charge is 0.463 e. The van der Waals surface area contributed by atoms with E-state index in [1.54, 1.807) is 11.8 Å². The summed E-state index contributed by atoms with van der Waals surface area (Å²) in [5, 5.41) is 10.1. The van der Waals surface area contributed by atoms with Gasteiger partial charge in [0, 0.05) is 25.3 Å². The number of aliphatic imine (C=N–C) groups is 1. The summed E-state index contributed by atoms with van der Waals surface area (Å²) in [5.41, 5.74) is 9.96. The SMILES string of the molecule is CCOC(=O)C1=C(c2ccccc2)N=C2SC(C#N)=C(N)N2[C@@H]1c1ccc(N(C)C)cc1. The number of nitriles is 1. The Morgan fingerprint density at radius 1 is 1.22 bits per heavy atom. The number of fused-ring (bicyclic) bond motifs is 1. The zero-order valence-electron chi connectivity index (χ0n) is 18.1. The summed E-state index contributed by atoms with van der Waals surface area (Å²) in [6.45, 7) is 2.00. The molecule has 0 unspecified atom stereocenters. The average molecular weight is 446 g/mol. The monoisotopic (exact) mass is 445 g/mol. The molecule has 2 aromatic carbocycles. The number of thioether (sulfide) groups is 1. The lowest BCUT2D eigenvalue weighted by molar-refractivity contribution is -0.139. The number of carbonyl (C=O) groups excluding carboxylic acids is 1. The van der Waals surface area contributed by atoms with E-state index in [0.29, 0.717) is 21.3 Å². The number of allylic oxidation sites excluding steroid dienone is 1. The highest BCUT2D eigenvalue weighted by molar-refractivity contribution is 8.17. The van der Waals surface area contributed by atoms with E-state index in [1.165, 1.54) is 11.8 Å². The zero-order valence-corrected chi connectivity index (χ0v) is 18.9. The average Bonchev–Trinajstić information content (AvgIpc) is 3.14. The Bertz CT molecular complexity index is 1180. The minimum atomic E-state index is -0.577. The molecule has 0 spiro atoms. The smallest absolute Gasteiger partial charge is 0.338 e. The highest BCUT2D eigenvalue weighted by atomic mass is 32.2. The van der Waals surface area contributed by atoms with Gasteiger partial charge in [0.1, 0.15) is 16.8 Å². The number of amidine groups is 1. The van der Waals surface area contributed by atoms with E-state index >= 15 is 0 Å². The minimum Gasteiger partial charge on any atom is -0.463 e. The van der Waals surface area contributed by atoms with Crippen LogP contribution in [0.3, 0.4) is 0 Å². The topological polar surface area (TPSA) is 94.9 Å². The van der Waals surface area contributed by atoms with Crippen LogP contribution >= 0.6 is 11.8 Å². The summed E-state index contributed by atoms with van der Waals surface area (Å²) in [5.74, 6) is -0.175. The van der Waals surface area contributed by atoms with Gasteiger partial charge in [0.2, 0.25) is 0 Å². The van der Waals surface area contributed by atoms with Crippen molar-refractivity contribution in [1.82, 2.24) is 4.90 Å². The number of nitrogens with two attached hydrogens (primary N) is 1. The van der Waals surface area contributed by atoms with Gasteiger partial charge < -0.3 is 15.4 Å². The van der Waals surface area contributed by atoms with E-state index in [-0.39, 0.29) is 12.4 Å². The van der Waals surface area contributed by atoms with E-state index in [4.69, 9.17) is 15.5 Å². The van der Waals surface area contributed by atoms with Gasteiger partial charge in [-0.05, 0) is 36.4 Å². The lowest BCUT2D eigenvalue weighted by Crippen LogP contribution is -2.38. The molecule has 8 heteroatoms. The maximum Gasteiger partial charge on any atom is 0.338 e. The van der Waals surface area contributed by atoms with E-state index in [1.807, 2.05) is 73.6 Å². The van der Waals surface area contributed by atoms with Crippen LogP contribution in [0.25, 0.3) is 5.70 Å². The van der Waals surface area contributed by atoms with Crippen LogP contribution in [0.2, 0.25) is 0 Å². The molecule has 0 aliphatic carbocycles. The third-order valence-corrected chi connectivity index (χ3v) is 6.23. The fourth-order valence-corrected chi connectivity index (χ4v) is 4.60. The van der Waals surface area contributed by atoms with Crippen molar-refractivity contribution in [3.8, 4) is 6.07 Å². The molecule has 2 aliphatic heterocycles. The van der Waals surface area contributed by atoms with E-state index < -0.39 is 12.0 Å². The van der Waals surface area contributed by atoms with Gasteiger partial charge in [0.15, 0.2) is 5.17 Å². The minimum absolute atomic E-state index is 0.233. The number of hydrogen-bond donors (Lipinski definition) is 1. The van der Waals surface area contributed by atoms with Gasteiger partial charge in [-0.25, -0.2) is 9.79 Å².